The smallest absolute Gasteiger partial charge is 0.328 e. The second-order valence-corrected chi connectivity index (χ2v) is 7.58. The zero-order chi connectivity index (χ0) is 24.3. The lowest BCUT2D eigenvalue weighted by molar-refractivity contribution is -0.145. The first-order valence-electron chi connectivity index (χ1n) is 9.75. The minimum Gasteiger partial charge on any atom is -0.481 e. The number of thiol groups is 1. The molecule has 0 radical (unpaired) electrons. The normalized spacial score (nSPS) is 16.7. The molecule has 0 aliphatic carbocycles. The van der Waals surface area contributed by atoms with E-state index in [1.54, 1.807) is 13.8 Å². The van der Waals surface area contributed by atoms with Crippen molar-refractivity contribution in [1.29, 1.82) is 0 Å². The van der Waals surface area contributed by atoms with Gasteiger partial charge in [0.1, 0.15) is 12.1 Å². The van der Waals surface area contributed by atoms with Gasteiger partial charge in [0.15, 0.2) is 6.04 Å². The summed E-state index contributed by atoms with van der Waals surface area (Å²) in [5.74, 6) is -5.42. The average Bonchev–Trinajstić information content (AvgIpc) is 2.70. The predicted octanol–water partition coefficient (Wildman–Crippen LogP) is -1.93. The highest BCUT2D eigenvalue weighted by molar-refractivity contribution is 7.80. The minimum absolute atomic E-state index is 0.0419. The molecule has 31 heavy (non-hydrogen) atoms. The van der Waals surface area contributed by atoms with Crippen LogP contribution in [0.1, 0.15) is 40.0 Å². The standard InChI is InChI=1S/C18H32N4O8S/c1-4-8(2)13(21-15(26)10(19)7-31)17(28)20-11(5-6-12(24)25)16(27)22-14(9(3)23)18(29)30/h8-11,13-14,23,31H,4-7,19H2,1-3H3,(H,20,28)(H,21,26)(H,22,27)(H,24,25)(H,29,30). The first-order chi connectivity index (χ1) is 14.3. The van der Waals surface area contributed by atoms with E-state index in [2.05, 4.69) is 28.6 Å². The predicted molar refractivity (Wildman–Crippen MR) is 113 cm³/mol. The first kappa shape index (κ1) is 28.6. The zero-order valence-electron chi connectivity index (χ0n) is 17.7. The topological polar surface area (TPSA) is 208 Å². The molecular formula is C18H32N4O8S. The molecule has 0 aromatic rings. The molecule has 3 amide bonds. The van der Waals surface area contributed by atoms with E-state index in [1.807, 2.05) is 0 Å². The van der Waals surface area contributed by atoms with Crippen molar-refractivity contribution in [3.63, 3.8) is 0 Å². The summed E-state index contributed by atoms with van der Waals surface area (Å²) in [6.45, 7) is 4.63. The highest BCUT2D eigenvalue weighted by Crippen LogP contribution is 2.10. The van der Waals surface area contributed by atoms with Crippen molar-refractivity contribution < 1.29 is 39.3 Å². The van der Waals surface area contributed by atoms with Crippen LogP contribution in [0.4, 0.5) is 0 Å². The molecule has 0 aromatic carbocycles. The molecule has 0 aliphatic rings. The van der Waals surface area contributed by atoms with E-state index in [0.29, 0.717) is 6.42 Å². The number of aliphatic hydroxyl groups is 1. The van der Waals surface area contributed by atoms with E-state index >= 15 is 0 Å². The van der Waals surface area contributed by atoms with E-state index in [4.69, 9.17) is 15.9 Å². The molecule has 0 rings (SSSR count). The van der Waals surface area contributed by atoms with Crippen LogP contribution in [0.25, 0.3) is 0 Å². The fourth-order valence-corrected chi connectivity index (χ4v) is 2.65. The van der Waals surface area contributed by atoms with Gasteiger partial charge in [0.05, 0.1) is 12.1 Å². The number of hydrogen-bond acceptors (Lipinski definition) is 8. The molecule has 0 spiro atoms. The summed E-state index contributed by atoms with van der Waals surface area (Å²) in [5.41, 5.74) is 5.62. The highest BCUT2D eigenvalue weighted by Gasteiger charge is 2.33. The van der Waals surface area contributed by atoms with E-state index < -0.39 is 66.4 Å². The number of carbonyl (C=O) groups is 5. The zero-order valence-corrected chi connectivity index (χ0v) is 18.6. The summed E-state index contributed by atoms with van der Waals surface area (Å²) in [4.78, 5) is 59.6. The van der Waals surface area contributed by atoms with Crippen LogP contribution in [0.3, 0.4) is 0 Å². The lowest BCUT2D eigenvalue weighted by atomic mass is 9.97. The number of hydrogen-bond donors (Lipinski definition) is 8. The van der Waals surface area contributed by atoms with Crippen molar-refractivity contribution in [2.24, 2.45) is 11.7 Å². The van der Waals surface area contributed by atoms with Crippen molar-refractivity contribution in [3.05, 3.63) is 0 Å². The number of carboxylic acids is 2. The molecule has 6 atom stereocenters. The third kappa shape index (κ3) is 9.98. The van der Waals surface area contributed by atoms with Crippen LogP contribution in [0.2, 0.25) is 0 Å². The van der Waals surface area contributed by atoms with Crippen LogP contribution in [-0.4, -0.2) is 81.0 Å². The molecule has 0 bridgehead atoms. The second kappa shape index (κ2) is 13.8. The summed E-state index contributed by atoms with van der Waals surface area (Å²) < 4.78 is 0. The quantitative estimate of drug-likeness (QED) is 0.134. The molecule has 0 aromatic heterocycles. The number of rotatable bonds is 14. The Bertz CT molecular complexity index is 660. The monoisotopic (exact) mass is 464 g/mol. The molecule has 8 N–H and O–H groups in total. The molecule has 0 aliphatic heterocycles. The number of amides is 3. The van der Waals surface area contributed by atoms with E-state index in [-0.39, 0.29) is 18.1 Å². The average molecular weight is 465 g/mol. The SMILES string of the molecule is CCC(C)C(NC(=O)C(N)CS)C(=O)NC(CCC(=O)O)C(=O)NC(C(=O)O)C(C)O. The number of carbonyl (C=O) groups excluding carboxylic acids is 3. The second-order valence-electron chi connectivity index (χ2n) is 7.22. The van der Waals surface area contributed by atoms with Gasteiger partial charge in [0.2, 0.25) is 17.7 Å². The Morgan fingerprint density at radius 3 is 1.90 bits per heavy atom. The fraction of sp³-hybridized carbons (Fsp3) is 0.722. The van der Waals surface area contributed by atoms with Crippen LogP contribution in [0, 0.1) is 5.92 Å². The van der Waals surface area contributed by atoms with Crippen LogP contribution in [-0.2, 0) is 24.0 Å². The van der Waals surface area contributed by atoms with Crippen molar-refractivity contribution in [2.75, 3.05) is 5.75 Å². The van der Waals surface area contributed by atoms with Gasteiger partial charge in [-0.3, -0.25) is 19.2 Å². The Morgan fingerprint density at radius 2 is 1.48 bits per heavy atom. The Morgan fingerprint density at radius 1 is 0.935 bits per heavy atom. The van der Waals surface area contributed by atoms with Gasteiger partial charge in [-0.2, -0.15) is 12.6 Å². The Balaban J connectivity index is 5.58. The van der Waals surface area contributed by atoms with Crippen LogP contribution in [0.15, 0.2) is 0 Å². The summed E-state index contributed by atoms with van der Waals surface area (Å²) in [7, 11) is 0. The van der Waals surface area contributed by atoms with Gasteiger partial charge in [-0.05, 0) is 19.3 Å². The molecule has 0 saturated heterocycles. The molecule has 0 fully saturated rings. The summed E-state index contributed by atoms with van der Waals surface area (Å²) in [6, 6.07) is -5.10. The Kier molecular flexibility index (Phi) is 12.8. The maximum atomic E-state index is 12.8. The number of carboxylic acid groups (broad SMARTS) is 2. The molecule has 6 unspecified atom stereocenters. The molecule has 0 saturated carbocycles. The van der Waals surface area contributed by atoms with Gasteiger partial charge in [-0.25, -0.2) is 4.79 Å². The van der Waals surface area contributed by atoms with Gasteiger partial charge < -0.3 is 37.0 Å². The van der Waals surface area contributed by atoms with E-state index in [9.17, 15) is 29.1 Å². The first-order valence-corrected chi connectivity index (χ1v) is 10.4. The minimum atomic E-state index is -1.66. The van der Waals surface area contributed by atoms with E-state index in [1.165, 1.54) is 0 Å². The lowest BCUT2D eigenvalue weighted by Crippen LogP contribution is -2.59. The Hall–Kier alpha value is -2.38. The van der Waals surface area contributed by atoms with Crippen molar-refractivity contribution in [1.82, 2.24) is 16.0 Å². The van der Waals surface area contributed by atoms with Gasteiger partial charge in [0.25, 0.3) is 0 Å². The summed E-state index contributed by atoms with van der Waals surface area (Å²) in [5, 5.41) is 34.5. The third-order valence-electron chi connectivity index (χ3n) is 4.65. The maximum Gasteiger partial charge on any atom is 0.328 e. The van der Waals surface area contributed by atoms with E-state index in [0.717, 1.165) is 6.92 Å². The lowest BCUT2D eigenvalue weighted by Gasteiger charge is -2.28. The molecule has 13 heteroatoms. The highest BCUT2D eigenvalue weighted by atomic mass is 32.1. The number of aliphatic carboxylic acids is 2. The third-order valence-corrected chi connectivity index (χ3v) is 5.05. The van der Waals surface area contributed by atoms with Gasteiger partial charge in [-0.15, -0.1) is 0 Å². The number of nitrogens with two attached hydrogens (primary N) is 1. The number of nitrogens with one attached hydrogen (secondary N) is 3. The summed E-state index contributed by atoms with van der Waals surface area (Å²) >= 11 is 3.93. The van der Waals surface area contributed by atoms with Gasteiger partial charge in [0, 0.05) is 12.2 Å². The number of aliphatic hydroxyl groups excluding tert-OH is 1. The fourth-order valence-electron chi connectivity index (χ4n) is 2.49. The molecule has 0 heterocycles. The van der Waals surface area contributed by atoms with Gasteiger partial charge >= 0.3 is 11.9 Å². The largest absolute Gasteiger partial charge is 0.481 e. The van der Waals surface area contributed by atoms with Gasteiger partial charge in [-0.1, -0.05) is 20.3 Å². The van der Waals surface area contributed by atoms with Crippen LogP contribution < -0.4 is 21.7 Å². The van der Waals surface area contributed by atoms with Crippen LogP contribution >= 0.6 is 12.6 Å². The summed E-state index contributed by atoms with van der Waals surface area (Å²) in [6.07, 6.45) is -1.78. The Labute approximate surface area is 185 Å². The van der Waals surface area contributed by atoms with Crippen molar-refractivity contribution in [3.8, 4) is 0 Å². The maximum absolute atomic E-state index is 12.8. The van der Waals surface area contributed by atoms with Crippen molar-refractivity contribution in [2.45, 2.75) is 70.3 Å². The van der Waals surface area contributed by atoms with Crippen molar-refractivity contribution >= 4 is 42.3 Å². The molecule has 178 valence electrons. The molecule has 12 nitrogen and oxygen atoms in total. The molecular weight excluding hydrogens is 432 g/mol. The van der Waals surface area contributed by atoms with Crippen LogP contribution in [0.5, 0.6) is 0 Å².